The highest BCUT2D eigenvalue weighted by Gasteiger charge is 2.04. The van der Waals surface area contributed by atoms with Crippen LogP contribution in [0.3, 0.4) is 0 Å². The van der Waals surface area contributed by atoms with Crippen LogP contribution in [0.2, 0.25) is 0 Å². The van der Waals surface area contributed by atoms with Crippen molar-refractivity contribution in [3.63, 3.8) is 0 Å². The van der Waals surface area contributed by atoms with Crippen LogP contribution in [0.4, 0.5) is 0 Å². The van der Waals surface area contributed by atoms with E-state index in [1.54, 1.807) is 11.3 Å². The average molecular weight is 336 g/mol. The van der Waals surface area contributed by atoms with Crippen LogP contribution in [0.25, 0.3) is 0 Å². The summed E-state index contributed by atoms with van der Waals surface area (Å²) < 4.78 is 6.57. The Morgan fingerprint density at radius 2 is 2.21 bits per heavy atom. The van der Waals surface area contributed by atoms with Crippen LogP contribution in [0.15, 0.2) is 40.2 Å². The Morgan fingerprint density at radius 1 is 1.32 bits per heavy atom. The maximum Gasteiger partial charge on any atom is 0.148 e. The molecular weight excluding hydrogens is 322 g/mol. The lowest BCUT2D eigenvalue weighted by atomic mass is 10.2. The Balaban J connectivity index is 1.97. The molecule has 1 aromatic carbocycles. The van der Waals surface area contributed by atoms with E-state index in [9.17, 15) is 0 Å². The number of thiophene rings is 1. The summed E-state index contributed by atoms with van der Waals surface area (Å²) in [5.74, 6) is 3.32. The molecule has 0 spiro atoms. The van der Waals surface area contributed by atoms with Gasteiger partial charge in [-0.2, -0.15) is 0 Å². The number of halogens is 1. The summed E-state index contributed by atoms with van der Waals surface area (Å²) in [6.45, 7) is 1.90. The molecule has 2 rings (SSSR count). The molecule has 1 heterocycles. The van der Waals surface area contributed by atoms with Gasteiger partial charge < -0.3 is 10.1 Å². The number of hydrogen-bond acceptors (Lipinski definition) is 3. The predicted molar refractivity (Wildman–Crippen MR) is 83.3 cm³/mol. The van der Waals surface area contributed by atoms with E-state index >= 15 is 0 Å². The highest BCUT2D eigenvalue weighted by atomic mass is 79.9. The lowest BCUT2D eigenvalue weighted by Gasteiger charge is -2.11. The largest absolute Gasteiger partial charge is 0.481 e. The molecule has 0 aliphatic carbocycles. The van der Waals surface area contributed by atoms with Crippen molar-refractivity contribution in [2.75, 3.05) is 6.61 Å². The van der Waals surface area contributed by atoms with Gasteiger partial charge in [0.25, 0.3) is 0 Å². The first kappa shape index (κ1) is 14.1. The fourth-order valence-corrected chi connectivity index (χ4v) is 2.76. The van der Waals surface area contributed by atoms with Crippen LogP contribution in [0, 0.1) is 12.3 Å². The zero-order valence-corrected chi connectivity index (χ0v) is 12.8. The minimum Gasteiger partial charge on any atom is -0.481 e. The maximum atomic E-state index is 5.53. The fourth-order valence-electron chi connectivity index (χ4n) is 1.68. The van der Waals surface area contributed by atoms with E-state index in [2.05, 4.69) is 44.7 Å². The number of benzene rings is 1. The third-order valence-corrected chi connectivity index (χ3v) is 3.90. The molecule has 0 atom stereocenters. The normalized spacial score (nSPS) is 10.1. The van der Waals surface area contributed by atoms with E-state index in [-0.39, 0.29) is 0 Å². The molecule has 2 nitrogen and oxygen atoms in total. The molecule has 0 saturated heterocycles. The van der Waals surface area contributed by atoms with Gasteiger partial charge in [-0.25, -0.2) is 0 Å². The van der Waals surface area contributed by atoms with Gasteiger partial charge in [0, 0.05) is 28.0 Å². The lowest BCUT2D eigenvalue weighted by molar-refractivity contribution is 0.364. The fraction of sp³-hybridized carbons (Fsp3) is 0.200. The van der Waals surface area contributed by atoms with Crippen LogP contribution in [-0.2, 0) is 13.1 Å². The number of nitrogens with one attached hydrogen (secondary N) is 1. The van der Waals surface area contributed by atoms with Gasteiger partial charge in [0.05, 0.1) is 0 Å². The zero-order chi connectivity index (χ0) is 13.5. The molecule has 0 fully saturated rings. The minimum atomic E-state index is 0.291. The maximum absolute atomic E-state index is 5.53. The number of ether oxygens (including phenoxy) is 1. The van der Waals surface area contributed by atoms with Gasteiger partial charge in [-0.1, -0.05) is 27.9 Å². The van der Waals surface area contributed by atoms with E-state index in [0.29, 0.717) is 6.61 Å². The van der Waals surface area contributed by atoms with Crippen LogP contribution in [0.5, 0.6) is 5.75 Å². The Bertz CT molecular complexity index is 560. The molecule has 0 unspecified atom stereocenters. The van der Waals surface area contributed by atoms with Gasteiger partial charge in [-0.05, 0) is 29.6 Å². The molecule has 0 radical (unpaired) electrons. The van der Waals surface area contributed by atoms with E-state index in [1.165, 1.54) is 4.88 Å². The first-order valence-corrected chi connectivity index (χ1v) is 7.54. The molecule has 98 valence electrons. The molecule has 1 N–H and O–H groups in total. The van der Waals surface area contributed by atoms with Crippen LogP contribution < -0.4 is 10.1 Å². The summed E-state index contributed by atoms with van der Waals surface area (Å²) >= 11 is 5.22. The van der Waals surface area contributed by atoms with Crippen molar-refractivity contribution in [3.8, 4) is 18.1 Å². The highest BCUT2D eigenvalue weighted by Crippen LogP contribution is 2.23. The molecule has 0 aliphatic rings. The summed E-state index contributed by atoms with van der Waals surface area (Å²) in [4.78, 5) is 1.32. The molecule has 0 bridgehead atoms. The summed E-state index contributed by atoms with van der Waals surface area (Å²) in [6, 6.07) is 10.1. The van der Waals surface area contributed by atoms with Gasteiger partial charge in [0.2, 0.25) is 0 Å². The molecule has 2 aromatic rings. The summed E-state index contributed by atoms with van der Waals surface area (Å²) in [7, 11) is 0. The summed E-state index contributed by atoms with van der Waals surface area (Å²) in [6.07, 6.45) is 5.22. The molecule has 0 amide bonds. The average Bonchev–Trinajstić information content (AvgIpc) is 2.91. The third kappa shape index (κ3) is 4.39. The molecular formula is C15H14BrNOS. The van der Waals surface area contributed by atoms with E-state index in [4.69, 9.17) is 11.2 Å². The van der Waals surface area contributed by atoms with Gasteiger partial charge in [0.1, 0.15) is 12.4 Å². The van der Waals surface area contributed by atoms with Crippen molar-refractivity contribution >= 4 is 27.3 Å². The molecule has 4 heteroatoms. The van der Waals surface area contributed by atoms with Crippen molar-refractivity contribution in [3.05, 3.63) is 50.6 Å². The standard InChI is InChI=1S/C15H14BrNOS/c1-2-7-18-15-6-5-13(16)9-12(15)10-17-11-14-4-3-8-19-14/h1,3-6,8-9,17H,7,10-11H2. The smallest absolute Gasteiger partial charge is 0.148 e. The number of terminal acetylenes is 1. The second kappa shape index (κ2) is 7.34. The molecule has 1 aromatic heterocycles. The quantitative estimate of drug-likeness (QED) is 0.810. The van der Waals surface area contributed by atoms with Crippen molar-refractivity contribution in [1.82, 2.24) is 5.32 Å². The number of rotatable bonds is 6. The first-order valence-electron chi connectivity index (χ1n) is 5.87. The van der Waals surface area contributed by atoms with E-state index < -0.39 is 0 Å². The van der Waals surface area contributed by atoms with E-state index in [1.807, 2.05) is 18.2 Å². The highest BCUT2D eigenvalue weighted by molar-refractivity contribution is 9.10. The topological polar surface area (TPSA) is 21.3 Å². The Morgan fingerprint density at radius 3 is 2.95 bits per heavy atom. The zero-order valence-electron chi connectivity index (χ0n) is 10.4. The van der Waals surface area contributed by atoms with Crippen LogP contribution >= 0.6 is 27.3 Å². The summed E-state index contributed by atoms with van der Waals surface area (Å²) in [5, 5.41) is 5.49. The monoisotopic (exact) mass is 335 g/mol. The number of hydrogen-bond donors (Lipinski definition) is 1. The Hall–Kier alpha value is -1.28. The second-order valence-electron chi connectivity index (χ2n) is 3.93. The van der Waals surface area contributed by atoms with Crippen molar-refractivity contribution in [2.24, 2.45) is 0 Å². The van der Waals surface area contributed by atoms with Gasteiger partial charge in [-0.3, -0.25) is 0 Å². The predicted octanol–water partition coefficient (Wildman–Crippen LogP) is 3.81. The van der Waals surface area contributed by atoms with Crippen LogP contribution in [0.1, 0.15) is 10.4 Å². The van der Waals surface area contributed by atoms with Gasteiger partial charge in [-0.15, -0.1) is 17.8 Å². The van der Waals surface area contributed by atoms with Crippen molar-refractivity contribution < 1.29 is 4.74 Å². The Kier molecular flexibility index (Phi) is 5.46. The van der Waals surface area contributed by atoms with Gasteiger partial charge >= 0.3 is 0 Å². The third-order valence-electron chi connectivity index (χ3n) is 2.53. The molecule has 19 heavy (non-hydrogen) atoms. The SMILES string of the molecule is C#CCOc1ccc(Br)cc1CNCc1cccs1. The minimum absolute atomic E-state index is 0.291. The Labute approximate surface area is 125 Å². The second-order valence-corrected chi connectivity index (χ2v) is 5.88. The molecule has 0 aliphatic heterocycles. The lowest BCUT2D eigenvalue weighted by Crippen LogP contribution is -2.13. The van der Waals surface area contributed by atoms with Crippen molar-refractivity contribution in [2.45, 2.75) is 13.1 Å². The van der Waals surface area contributed by atoms with Crippen LogP contribution in [-0.4, -0.2) is 6.61 Å². The molecule has 0 saturated carbocycles. The van der Waals surface area contributed by atoms with Crippen molar-refractivity contribution in [1.29, 1.82) is 0 Å². The first-order chi connectivity index (χ1) is 9.29. The summed E-state index contributed by atoms with van der Waals surface area (Å²) in [5.41, 5.74) is 1.10. The van der Waals surface area contributed by atoms with E-state index in [0.717, 1.165) is 28.9 Å². The van der Waals surface area contributed by atoms with Gasteiger partial charge in [0.15, 0.2) is 0 Å².